The van der Waals surface area contributed by atoms with Crippen LogP contribution in [-0.4, -0.2) is 29.6 Å². The molecule has 5 nitrogen and oxygen atoms in total. The van der Waals surface area contributed by atoms with E-state index in [1.807, 2.05) is 14.0 Å². The molecule has 0 amide bonds. The summed E-state index contributed by atoms with van der Waals surface area (Å²) in [5.74, 6) is 0.636. The Labute approximate surface area is 96.5 Å². The Balaban J connectivity index is 2.44. The highest BCUT2D eigenvalue weighted by Crippen LogP contribution is 2.24. The molecular formula is C11H21N3O2. The Hall–Kier alpha value is -1.23. The van der Waals surface area contributed by atoms with Crippen molar-refractivity contribution in [1.29, 1.82) is 0 Å². The first-order valence-electron chi connectivity index (χ1n) is 5.72. The number of hydrogen-bond donors (Lipinski definition) is 1. The van der Waals surface area contributed by atoms with Crippen molar-refractivity contribution in [2.24, 2.45) is 7.05 Å². The topological polar surface area (TPSA) is 62.3 Å². The van der Waals surface area contributed by atoms with Crippen molar-refractivity contribution >= 4 is 5.69 Å². The molecule has 1 aromatic rings. The molecule has 92 valence electrons. The van der Waals surface area contributed by atoms with Crippen LogP contribution in [0.2, 0.25) is 0 Å². The van der Waals surface area contributed by atoms with Gasteiger partial charge in [-0.3, -0.25) is 0 Å². The third-order valence-electron chi connectivity index (χ3n) is 2.26. The third-order valence-corrected chi connectivity index (χ3v) is 2.26. The number of anilines is 1. The number of rotatable bonds is 7. The maximum Gasteiger partial charge on any atom is 0.235 e. The van der Waals surface area contributed by atoms with E-state index in [0.29, 0.717) is 24.8 Å². The zero-order valence-corrected chi connectivity index (χ0v) is 10.3. The average molecular weight is 227 g/mol. The molecule has 0 saturated carbocycles. The molecule has 0 aliphatic heterocycles. The van der Waals surface area contributed by atoms with Crippen molar-refractivity contribution in [2.75, 3.05) is 25.6 Å². The van der Waals surface area contributed by atoms with Gasteiger partial charge < -0.3 is 15.2 Å². The van der Waals surface area contributed by atoms with Gasteiger partial charge >= 0.3 is 0 Å². The minimum Gasteiger partial charge on any atom is -0.474 e. The molecule has 0 atom stereocenters. The van der Waals surface area contributed by atoms with E-state index in [4.69, 9.17) is 15.2 Å². The van der Waals surface area contributed by atoms with Crippen LogP contribution < -0.4 is 10.5 Å². The number of hydrogen-bond acceptors (Lipinski definition) is 4. The van der Waals surface area contributed by atoms with Crippen LogP contribution >= 0.6 is 0 Å². The fourth-order valence-electron chi connectivity index (χ4n) is 1.45. The minimum atomic E-state index is 0.507. The van der Waals surface area contributed by atoms with Crippen molar-refractivity contribution in [3.05, 3.63) is 5.69 Å². The molecule has 16 heavy (non-hydrogen) atoms. The van der Waals surface area contributed by atoms with Gasteiger partial charge in [-0.25, -0.2) is 4.68 Å². The summed E-state index contributed by atoms with van der Waals surface area (Å²) in [5.41, 5.74) is 7.43. The van der Waals surface area contributed by atoms with Crippen LogP contribution in [0, 0.1) is 0 Å². The van der Waals surface area contributed by atoms with Crippen molar-refractivity contribution in [1.82, 2.24) is 9.78 Å². The molecule has 2 N–H and O–H groups in total. The molecule has 0 unspecified atom stereocenters. The molecule has 0 fully saturated rings. The quantitative estimate of drug-likeness (QED) is 0.715. The van der Waals surface area contributed by atoms with Crippen LogP contribution in [0.25, 0.3) is 0 Å². The van der Waals surface area contributed by atoms with E-state index in [1.165, 1.54) is 0 Å². The second kappa shape index (κ2) is 6.37. The van der Waals surface area contributed by atoms with E-state index < -0.39 is 0 Å². The fraction of sp³-hybridized carbons (Fsp3) is 0.727. The molecular weight excluding hydrogens is 206 g/mol. The molecule has 1 rings (SSSR count). The van der Waals surface area contributed by atoms with Gasteiger partial charge in [0.15, 0.2) is 0 Å². The lowest BCUT2D eigenvalue weighted by Crippen LogP contribution is -2.10. The summed E-state index contributed by atoms with van der Waals surface area (Å²) in [4.78, 5) is 0. The van der Waals surface area contributed by atoms with E-state index in [2.05, 4.69) is 12.0 Å². The molecule has 1 aromatic heterocycles. The maximum absolute atomic E-state index is 5.91. The predicted octanol–water partition coefficient (Wildman–Crippen LogP) is 1.37. The standard InChI is InChI=1S/C11H21N3O2/c1-4-6-15-7-8-16-11-10(12)9(5-2)13-14(11)3/h4-8,12H2,1-3H3. The molecule has 0 radical (unpaired) electrons. The highest BCUT2D eigenvalue weighted by Gasteiger charge is 2.12. The summed E-state index contributed by atoms with van der Waals surface area (Å²) in [7, 11) is 1.83. The van der Waals surface area contributed by atoms with Gasteiger partial charge in [0.1, 0.15) is 12.3 Å². The van der Waals surface area contributed by atoms with Gasteiger partial charge in [0.05, 0.1) is 12.3 Å². The summed E-state index contributed by atoms with van der Waals surface area (Å²) in [6.45, 7) is 5.96. The zero-order valence-electron chi connectivity index (χ0n) is 10.3. The van der Waals surface area contributed by atoms with Crippen molar-refractivity contribution < 1.29 is 9.47 Å². The molecule has 0 aliphatic carbocycles. The van der Waals surface area contributed by atoms with Crippen molar-refractivity contribution in [2.45, 2.75) is 26.7 Å². The SMILES string of the molecule is CCCOCCOc1c(N)c(CC)nn1C. The van der Waals surface area contributed by atoms with Gasteiger partial charge in [-0.1, -0.05) is 13.8 Å². The number of nitrogen functional groups attached to an aromatic ring is 1. The molecule has 0 aliphatic rings. The van der Waals surface area contributed by atoms with Crippen LogP contribution in [0.3, 0.4) is 0 Å². The van der Waals surface area contributed by atoms with E-state index >= 15 is 0 Å². The van der Waals surface area contributed by atoms with E-state index in [9.17, 15) is 0 Å². The lowest BCUT2D eigenvalue weighted by atomic mass is 10.3. The molecule has 0 aromatic carbocycles. The first kappa shape index (κ1) is 12.8. The molecule has 0 spiro atoms. The first-order valence-corrected chi connectivity index (χ1v) is 5.72. The van der Waals surface area contributed by atoms with Gasteiger partial charge in [0.2, 0.25) is 5.88 Å². The second-order valence-corrected chi connectivity index (χ2v) is 3.60. The molecule has 1 heterocycles. The fourth-order valence-corrected chi connectivity index (χ4v) is 1.45. The monoisotopic (exact) mass is 227 g/mol. The van der Waals surface area contributed by atoms with Crippen LogP contribution in [0.5, 0.6) is 5.88 Å². The largest absolute Gasteiger partial charge is 0.474 e. The number of nitrogens with zero attached hydrogens (tertiary/aromatic N) is 2. The number of ether oxygens (including phenoxy) is 2. The average Bonchev–Trinajstić information content (AvgIpc) is 2.55. The highest BCUT2D eigenvalue weighted by molar-refractivity contribution is 5.53. The Bertz CT molecular complexity index is 323. The van der Waals surface area contributed by atoms with Gasteiger partial charge in [0, 0.05) is 13.7 Å². The Morgan fingerprint density at radius 3 is 2.56 bits per heavy atom. The van der Waals surface area contributed by atoms with Crippen LogP contribution in [-0.2, 0) is 18.2 Å². The summed E-state index contributed by atoms with van der Waals surface area (Å²) in [6.07, 6.45) is 1.84. The first-order chi connectivity index (χ1) is 7.70. The van der Waals surface area contributed by atoms with Gasteiger partial charge in [-0.05, 0) is 12.8 Å². The summed E-state index contributed by atoms with van der Waals surface area (Å²) >= 11 is 0. The Morgan fingerprint density at radius 1 is 1.25 bits per heavy atom. The summed E-state index contributed by atoms with van der Waals surface area (Å²) in [6, 6.07) is 0. The van der Waals surface area contributed by atoms with Gasteiger partial charge in [-0.2, -0.15) is 5.10 Å². The van der Waals surface area contributed by atoms with Crippen LogP contribution in [0.4, 0.5) is 5.69 Å². The van der Waals surface area contributed by atoms with E-state index in [0.717, 1.165) is 25.1 Å². The van der Waals surface area contributed by atoms with E-state index in [-0.39, 0.29) is 0 Å². The number of aryl methyl sites for hydroxylation is 2. The zero-order chi connectivity index (χ0) is 12.0. The van der Waals surface area contributed by atoms with Crippen molar-refractivity contribution in [3.63, 3.8) is 0 Å². The van der Waals surface area contributed by atoms with Crippen LogP contribution in [0.1, 0.15) is 26.0 Å². The lowest BCUT2D eigenvalue weighted by Gasteiger charge is -2.07. The second-order valence-electron chi connectivity index (χ2n) is 3.60. The normalized spacial score (nSPS) is 10.7. The Kier molecular flexibility index (Phi) is 5.11. The minimum absolute atomic E-state index is 0.507. The predicted molar refractivity (Wildman–Crippen MR) is 63.6 cm³/mol. The van der Waals surface area contributed by atoms with Gasteiger partial charge in [0.25, 0.3) is 0 Å². The van der Waals surface area contributed by atoms with Crippen LogP contribution in [0.15, 0.2) is 0 Å². The van der Waals surface area contributed by atoms with Gasteiger partial charge in [-0.15, -0.1) is 0 Å². The summed E-state index contributed by atoms with van der Waals surface area (Å²) in [5, 5.41) is 4.27. The van der Waals surface area contributed by atoms with Crippen molar-refractivity contribution in [3.8, 4) is 5.88 Å². The Morgan fingerprint density at radius 2 is 2.00 bits per heavy atom. The van der Waals surface area contributed by atoms with E-state index in [1.54, 1.807) is 4.68 Å². The number of nitrogens with two attached hydrogens (primary N) is 1. The molecule has 0 saturated heterocycles. The summed E-state index contributed by atoms with van der Waals surface area (Å²) < 4.78 is 12.5. The smallest absolute Gasteiger partial charge is 0.235 e. The maximum atomic E-state index is 5.91. The molecule has 5 heteroatoms. The lowest BCUT2D eigenvalue weighted by molar-refractivity contribution is 0.0977. The molecule has 0 bridgehead atoms. The number of aromatic nitrogens is 2. The highest BCUT2D eigenvalue weighted by atomic mass is 16.5. The third kappa shape index (κ3) is 3.13.